The molecule has 4 rings (SSSR count). The summed E-state index contributed by atoms with van der Waals surface area (Å²) in [4.78, 5) is 23.2. The number of amides is 2. The monoisotopic (exact) mass is 327 g/mol. The SMILES string of the molecule is O=C(NCc1ccco1)N[C@H]1CCN(c2ncnc3c2CCC3)C1. The van der Waals surface area contributed by atoms with Gasteiger partial charge in [-0.25, -0.2) is 14.8 Å². The third-order valence-corrected chi connectivity index (χ3v) is 4.68. The van der Waals surface area contributed by atoms with Gasteiger partial charge in [0, 0.05) is 30.4 Å². The topological polar surface area (TPSA) is 83.3 Å². The van der Waals surface area contributed by atoms with Gasteiger partial charge in [0.1, 0.15) is 17.9 Å². The van der Waals surface area contributed by atoms with E-state index < -0.39 is 0 Å². The Bertz CT molecular complexity index is 716. The second kappa shape index (κ2) is 6.51. The summed E-state index contributed by atoms with van der Waals surface area (Å²) in [6, 6.07) is 3.62. The van der Waals surface area contributed by atoms with E-state index in [1.54, 1.807) is 12.6 Å². The molecule has 1 aliphatic heterocycles. The summed E-state index contributed by atoms with van der Waals surface area (Å²) in [6.45, 7) is 2.10. The molecule has 0 radical (unpaired) electrons. The molecule has 3 heterocycles. The van der Waals surface area contributed by atoms with Crippen LogP contribution in [0, 0.1) is 0 Å². The molecule has 7 heteroatoms. The average Bonchev–Trinajstić information content (AvgIpc) is 3.33. The van der Waals surface area contributed by atoms with Gasteiger partial charge in [0.2, 0.25) is 0 Å². The number of anilines is 1. The molecule has 0 saturated carbocycles. The number of furan rings is 1. The van der Waals surface area contributed by atoms with Gasteiger partial charge in [-0.1, -0.05) is 0 Å². The molecule has 0 bridgehead atoms. The Labute approximate surface area is 140 Å². The first kappa shape index (κ1) is 15.0. The largest absolute Gasteiger partial charge is 0.467 e. The molecular weight excluding hydrogens is 306 g/mol. The van der Waals surface area contributed by atoms with Gasteiger partial charge in [0.15, 0.2) is 0 Å². The van der Waals surface area contributed by atoms with Gasteiger partial charge in [-0.05, 0) is 37.8 Å². The first-order chi connectivity index (χ1) is 11.8. The fraction of sp³-hybridized carbons (Fsp3) is 0.471. The number of hydrogen-bond donors (Lipinski definition) is 2. The van der Waals surface area contributed by atoms with Crippen molar-refractivity contribution < 1.29 is 9.21 Å². The third-order valence-electron chi connectivity index (χ3n) is 4.68. The maximum absolute atomic E-state index is 12.0. The molecule has 1 fully saturated rings. The van der Waals surface area contributed by atoms with E-state index in [-0.39, 0.29) is 12.1 Å². The highest BCUT2D eigenvalue weighted by atomic mass is 16.3. The number of nitrogens with one attached hydrogen (secondary N) is 2. The Morgan fingerprint density at radius 2 is 2.33 bits per heavy atom. The number of carbonyl (C=O) groups excluding carboxylic acids is 1. The number of fused-ring (bicyclic) bond motifs is 1. The van der Waals surface area contributed by atoms with Crippen molar-refractivity contribution in [1.82, 2.24) is 20.6 Å². The highest BCUT2D eigenvalue weighted by Crippen LogP contribution is 2.29. The Hall–Kier alpha value is -2.57. The molecule has 0 unspecified atom stereocenters. The van der Waals surface area contributed by atoms with Crippen LogP contribution >= 0.6 is 0 Å². The lowest BCUT2D eigenvalue weighted by Crippen LogP contribution is -2.43. The minimum absolute atomic E-state index is 0.133. The van der Waals surface area contributed by atoms with Crippen LogP contribution in [0.15, 0.2) is 29.1 Å². The minimum atomic E-state index is -0.161. The van der Waals surface area contributed by atoms with Crippen LogP contribution in [0.25, 0.3) is 0 Å². The smallest absolute Gasteiger partial charge is 0.315 e. The van der Waals surface area contributed by atoms with Crippen molar-refractivity contribution >= 4 is 11.8 Å². The highest BCUT2D eigenvalue weighted by Gasteiger charge is 2.28. The lowest BCUT2D eigenvalue weighted by Gasteiger charge is -2.20. The van der Waals surface area contributed by atoms with E-state index in [2.05, 4.69) is 25.5 Å². The molecule has 2 aliphatic rings. The molecule has 1 saturated heterocycles. The Kier molecular flexibility index (Phi) is 4.06. The maximum Gasteiger partial charge on any atom is 0.315 e. The predicted molar refractivity (Wildman–Crippen MR) is 88.8 cm³/mol. The summed E-state index contributed by atoms with van der Waals surface area (Å²) in [5, 5.41) is 5.85. The van der Waals surface area contributed by atoms with Crippen LogP contribution in [-0.4, -0.2) is 35.1 Å². The zero-order valence-corrected chi connectivity index (χ0v) is 13.5. The summed E-state index contributed by atoms with van der Waals surface area (Å²) in [5.74, 6) is 1.80. The van der Waals surface area contributed by atoms with Gasteiger partial charge in [-0.2, -0.15) is 0 Å². The summed E-state index contributed by atoms with van der Waals surface area (Å²) in [7, 11) is 0. The van der Waals surface area contributed by atoms with Crippen LogP contribution in [0.2, 0.25) is 0 Å². The van der Waals surface area contributed by atoms with E-state index in [1.807, 2.05) is 12.1 Å². The quantitative estimate of drug-likeness (QED) is 0.892. The van der Waals surface area contributed by atoms with Gasteiger partial charge in [0.25, 0.3) is 0 Å². The van der Waals surface area contributed by atoms with Crippen LogP contribution in [0.1, 0.15) is 29.9 Å². The third kappa shape index (κ3) is 3.06. The Morgan fingerprint density at radius 3 is 3.21 bits per heavy atom. The lowest BCUT2D eigenvalue weighted by molar-refractivity contribution is 0.236. The molecule has 126 valence electrons. The molecule has 0 aromatic carbocycles. The van der Waals surface area contributed by atoms with Gasteiger partial charge in [-0.3, -0.25) is 0 Å². The number of hydrogen-bond acceptors (Lipinski definition) is 5. The van der Waals surface area contributed by atoms with Crippen molar-refractivity contribution in [2.75, 3.05) is 18.0 Å². The van der Waals surface area contributed by atoms with E-state index in [9.17, 15) is 4.79 Å². The van der Waals surface area contributed by atoms with Crippen molar-refractivity contribution in [3.63, 3.8) is 0 Å². The van der Waals surface area contributed by atoms with Crippen molar-refractivity contribution in [2.24, 2.45) is 0 Å². The molecule has 7 nitrogen and oxygen atoms in total. The zero-order chi connectivity index (χ0) is 16.4. The minimum Gasteiger partial charge on any atom is -0.467 e. The van der Waals surface area contributed by atoms with E-state index in [0.29, 0.717) is 6.54 Å². The number of aryl methyl sites for hydroxylation is 1. The first-order valence-corrected chi connectivity index (χ1v) is 8.44. The fourth-order valence-corrected chi connectivity index (χ4v) is 3.50. The highest BCUT2D eigenvalue weighted by molar-refractivity contribution is 5.74. The number of aromatic nitrogens is 2. The van der Waals surface area contributed by atoms with Crippen molar-refractivity contribution in [3.05, 3.63) is 41.7 Å². The number of carbonyl (C=O) groups is 1. The Balaban J connectivity index is 1.32. The second-order valence-corrected chi connectivity index (χ2v) is 6.31. The number of rotatable bonds is 4. The number of nitrogens with zero attached hydrogens (tertiary/aromatic N) is 3. The van der Waals surface area contributed by atoms with Gasteiger partial charge in [-0.15, -0.1) is 0 Å². The second-order valence-electron chi connectivity index (χ2n) is 6.31. The first-order valence-electron chi connectivity index (χ1n) is 8.44. The van der Waals surface area contributed by atoms with Gasteiger partial charge in [0.05, 0.1) is 12.8 Å². The van der Waals surface area contributed by atoms with Crippen LogP contribution < -0.4 is 15.5 Å². The van der Waals surface area contributed by atoms with E-state index in [1.165, 1.54) is 11.3 Å². The van der Waals surface area contributed by atoms with Crippen LogP contribution in [0.3, 0.4) is 0 Å². The van der Waals surface area contributed by atoms with Crippen LogP contribution in [0.4, 0.5) is 10.6 Å². The predicted octanol–water partition coefficient (Wildman–Crippen LogP) is 1.64. The van der Waals surface area contributed by atoms with Crippen LogP contribution in [0.5, 0.6) is 0 Å². The molecule has 2 amide bonds. The summed E-state index contributed by atoms with van der Waals surface area (Å²) in [6.07, 6.45) is 7.46. The molecule has 1 atom stereocenters. The number of urea groups is 1. The van der Waals surface area contributed by atoms with E-state index in [0.717, 1.165) is 50.4 Å². The zero-order valence-electron chi connectivity index (χ0n) is 13.5. The van der Waals surface area contributed by atoms with Gasteiger partial charge < -0.3 is 20.0 Å². The maximum atomic E-state index is 12.0. The van der Waals surface area contributed by atoms with Crippen molar-refractivity contribution in [3.8, 4) is 0 Å². The molecule has 0 spiro atoms. The summed E-state index contributed by atoms with van der Waals surface area (Å²) >= 11 is 0. The standard InChI is InChI=1S/C17H21N5O2/c23-17(18-9-13-3-2-8-24-13)21-12-6-7-22(10-12)16-14-4-1-5-15(14)19-11-20-16/h2-3,8,11-12H,1,4-7,9-10H2,(H2,18,21,23)/t12-/m0/s1. The molecule has 2 aromatic rings. The van der Waals surface area contributed by atoms with Crippen molar-refractivity contribution in [1.29, 1.82) is 0 Å². The molecule has 2 N–H and O–H groups in total. The normalized spacial score (nSPS) is 19.3. The molecule has 24 heavy (non-hydrogen) atoms. The molecular formula is C17H21N5O2. The summed E-state index contributed by atoms with van der Waals surface area (Å²) < 4.78 is 5.21. The fourth-order valence-electron chi connectivity index (χ4n) is 3.50. The van der Waals surface area contributed by atoms with Gasteiger partial charge >= 0.3 is 6.03 Å². The molecule has 1 aliphatic carbocycles. The lowest BCUT2D eigenvalue weighted by atomic mass is 10.2. The Morgan fingerprint density at radius 1 is 1.38 bits per heavy atom. The van der Waals surface area contributed by atoms with E-state index >= 15 is 0 Å². The molecule has 2 aromatic heterocycles. The average molecular weight is 327 g/mol. The van der Waals surface area contributed by atoms with Crippen molar-refractivity contribution in [2.45, 2.75) is 38.3 Å². The van der Waals surface area contributed by atoms with Crippen LogP contribution in [-0.2, 0) is 19.4 Å². The summed E-state index contributed by atoms with van der Waals surface area (Å²) in [5.41, 5.74) is 2.48. The van der Waals surface area contributed by atoms with E-state index in [4.69, 9.17) is 4.42 Å².